The Bertz CT molecular complexity index is 458. The van der Waals surface area contributed by atoms with Crippen LogP contribution in [0.1, 0.15) is 31.2 Å². The van der Waals surface area contributed by atoms with Crippen molar-refractivity contribution in [3.05, 3.63) is 29.3 Å². The Kier molecular flexibility index (Phi) is 5.30. The number of methoxy groups -OCH3 is 2. The SMILES string of the molecule is COc1cc(CNCCC2=CCCC2)cc(OC)c1O. The summed E-state index contributed by atoms with van der Waals surface area (Å²) in [5.41, 5.74) is 2.61. The van der Waals surface area contributed by atoms with Gasteiger partial charge in [0, 0.05) is 6.54 Å². The Labute approximate surface area is 120 Å². The van der Waals surface area contributed by atoms with Crippen LogP contribution in [0.15, 0.2) is 23.8 Å². The number of hydrogen-bond acceptors (Lipinski definition) is 4. The molecule has 0 aliphatic heterocycles. The Morgan fingerprint density at radius 2 is 1.90 bits per heavy atom. The second kappa shape index (κ2) is 7.20. The minimum Gasteiger partial charge on any atom is -0.502 e. The molecule has 0 atom stereocenters. The van der Waals surface area contributed by atoms with E-state index in [1.54, 1.807) is 5.57 Å². The van der Waals surface area contributed by atoms with Crippen LogP contribution in [0.5, 0.6) is 17.2 Å². The molecule has 1 aliphatic rings. The number of ether oxygens (including phenoxy) is 2. The lowest BCUT2D eigenvalue weighted by Gasteiger charge is -2.12. The lowest BCUT2D eigenvalue weighted by molar-refractivity contribution is 0.339. The largest absolute Gasteiger partial charge is 0.502 e. The molecule has 2 N–H and O–H groups in total. The molecule has 0 fully saturated rings. The average Bonchev–Trinajstić information content (AvgIpc) is 2.98. The topological polar surface area (TPSA) is 50.7 Å². The van der Waals surface area contributed by atoms with Crippen molar-refractivity contribution in [1.82, 2.24) is 5.32 Å². The Balaban J connectivity index is 1.88. The van der Waals surface area contributed by atoms with Gasteiger partial charge in [-0.1, -0.05) is 11.6 Å². The molecule has 0 saturated heterocycles. The van der Waals surface area contributed by atoms with Gasteiger partial charge in [-0.25, -0.2) is 0 Å². The number of phenolic OH excluding ortho intramolecular Hbond substituents is 1. The summed E-state index contributed by atoms with van der Waals surface area (Å²) in [5, 5.41) is 13.3. The van der Waals surface area contributed by atoms with E-state index in [-0.39, 0.29) is 5.75 Å². The molecule has 0 saturated carbocycles. The van der Waals surface area contributed by atoms with E-state index in [4.69, 9.17) is 9.47 Å². The van der Waals surface area contributed by atoms with Crippen LogP contribution >= 0.6 is 0 Å². The molecular weight excluding hydrogens is 254 g/mol. The highest BCUT2D eigenvalue weighted by molar-refractivity contribution is 5.52. The van der Waals surface area contributed by atoms with Crippen LogP contribution in [0.3, 0.4) is 0 Å². The molecule has 1 aromatic carbocycles. The first-order valence-corrected chi connectivity index (χ1v) is 7.07. The Morgan fingerprint density at radius 3 is 2.45 bits per heavy atom. The van der Waals surface area contributed by atoms with E-state index in [2.05, 4.69) is 11.4 Å². The molecule has 0 aromatic heterocycles. The van der Waals surface area contributed by atoms with Crippen LogP contribution in [0, 0.1) is 0 Å². The van der Waals surface area contributed by atoms with Crippen LogP contribution in [0.4, 0.5) is 0 Å². The van der Waals surface area contributed by atoms with E-state index in [0.29, 0.717) is 11.5 Å². The van der Waals surface area contributed by atoms with Gasteiger partial charge in [0.25, 0.3) is 0 Å². The van der Waals surface area contributed by atoms with Crippen LogP contribution in [-0.2, 0) is 6.54 Å². The molecule has 110 valence electrons. The summed E-state index contributed by atoms with van der Waals surface area (Å²) >= 11 is 0. The van der Waals surface area contributed by atoms with E-state index in [0.717, 1.165) is 25.1 Å². The molecular formula is C16H23NO3. The summed E-state index contributed by atoms with van der Waals surface area (Å²) < 4.78 is 10.3. The fourth-order valence-electron chi connectivity index (χ4n) is 2.50. The van der Waals surface area contributed by atoms with Crippen LogP contribution in [-0.4, -0.2) is 25.9 Å². The normalized spacial score (nSPS) is 14.2. The third kappa shape index (κ3) is 3.67. The standard InChI is InChI=1S/C16H23NO3/c1-19-14-9-13(10-15(20-2)16(14)18)11-17-8-7-12-5-3-4-6-12/h5,9-10,17-18H,3-4,6-8,11H2,1-2H3. The molecule has 20 heavy (non-hydrogen) atoms. The maximum atomic E-state index is 9.85. The number of hydrogen-bond donors (Lipinski definition) is 2. The molecule has 0 spiro atoms. The summed E-state index contributed by atoms with van der Waals surface area (Å²) in [6.45, 7) is 1.71. The number of allylic oxidation sites excluding steroid dienone is 1. The van der Waals surface area contributed by atoms with Gasteiger partial charge in [0.2, 0.25) is 5.75 Å². The van der Waals surface area contributed by atoms with E-state index in [9.17, 15) is 5.11 Å². The van der Waals surface area contributed by atoms with Crippen molar-refractivity contribution < 1.29 is 14.6 Å². The molecule has 0 radical (unpaired) electrons. The molecule has 4 nitrogen and oxygen atoms in total. The summed E-state index contributed by atoms with van der Waals surface area (Å²) in [7, 11) is 3.08. The number of nitrogens with one attached hydrogen (secondary N) is 1. The minimum atomic E-state index is 0.0508. The van der Waals surface area contributed by atoms with E-state index < -0.39 is 0 Å². The second-order valence-electron chi connectivity index (χ2n) is 5.03. The van der Waals surface area contributed by atoms with Gasteiger partial charge < -0.3 is 19.9 Å². The predicted molar refractivity (Wildman–Crippen MR) is 79.5 cm³/mol. The van der Waals surface area contributed by atoms with Crippen LogP contribution < -0.4 is 14.8 Å². The highest BCUT2D eigenvalue weighted by Crippen LogP contribution is 2.37. The van der Waals surface area contributed by atoms with Gasteiger partial charge >= 0.3 is 0 Å². The molecule has 1 aliphatic carbocycles. The second-order valence-corrected chi connectivity index (χ2v) is 5.03. The van der Waals surface area contributed by atoms with Gasteiger partial charge in [0.05, 0.1) is 14.2 Å². The van der Waals surface area contributed by atoms with E-state index in [1.165, 1.54) is 33.5 Å². The van der Waals surface area contributed by atoms with E-state index in [1.807, 2.05) is 12.1 Å². The van der Waals surface area contributed by atoms with Gasteiger partial charge in [0.1, 0.15) is 0 Å². The van der Waals surface area contributed by atoms with Crippen molar-refractivity contribution in [3.8, 4) is 17.2 Å². The molecule has 1 aromatic rings. The minimum absolute atomic E-state index is 0.0508. The average molecular weight is 277 g/mol. The molecule has 2 rings (SSSR count). The number of rotatable bonds is 7. The summed E-state index contributed by atoms with van der Waals surface area (Å²) in [4.78, 5) is 0. The molecule has 0 unspecified atom stereocenters. The van der Waals surface area contributed by atoms with Crippen molar-refractivity contribution >= 4 is 0 Å². The summed E-state index contributed by atoms with van der Waals surface area (Å²) in [5.74, 6) is 0.939. The smallest absolute Gasteiger partial charge is 0.200 e. The maximum absolute atomic E-state index is 9.85. The Morgan fingerprint density at radius 1 is 1.20 bits per heavy atom. The zero-order valence-corrected chi connectivity index (χ0v) is 12.2. The van der Waals surface area contributed by atoms with Crippen molar-refractivity contribution in [3.63, 3.8) is 0 Å². The van der Waals surface area contributed by atoms with Crippen molar-refractivity contribution in [2.24, 2.45) is 0 Å². The van der Waals surface area contributed by atoms with Crippen LogP contribution in [0.2, 0.25) is 0 Å². The monoisotopic (exact) mass is 277 g/mol. The first-order valence-electron chi connectivity index (χ1n) is 7.07. The van der Waals surface area contributed by atoms with Gasteiger partial charge in [-0.2, -0.15) is 0 Å². The molecule has 0 bridgehead atoms. The highest BCUT2D eigenvalue weighted by atomic mass is 16.5. The third-order valence-corrected chi connectivity index (χ3v) is 3.63. The third-order valence-electron chi connectivity index (χ3n) is 3.63. The van der Waals surface area contributed by atoms with E-state index >= 15 is 0 Å². The number of aromatic hydroxyl groups is 1. The fourth-order valence-corrected chi connectivity index (χ4v) is 2.50. The quantitative estimate of drug-likeness (QED) is 0.594. The summed E-state index contributed by atoms with van der Waals surface area (Å²) in [6, 6.07) is 3.67. The van der Waals surface area contributed by atoms with Crippen molar-refractivity contribution in [2.75, 3.05) is 20.8 Å². The first kappa shape index (κ1) is 14.7. The fraction of sp³-hybridized carbons (Fsp3) is 0.500. The molecule has 0 heterocycles. The van der Waals surface area contributed by atoms with Crippen molar-refractivity contribution in [2.45, 2.75) is 32.2 Å². The zero-order chi connectivity index (χ0) is 14.4. The lowest BCUT2D eigenvalue weighted by Crippen LogP contribution is -2.15. The van der Waals surface area contributed by atoms with Gasteiger partial charge in [-0.05, 0) is 49.9 Å². The van der Waals surface area contributed by atoms with Crippen LogP contribution in [0.25, 0.3) is 0 Å². The number of phenols is 1. The predicted octanol–water partition coefficient (Wildman–Crippen LogP) is 3.00. The van der Waals surface area contributed by atoms with Gasteiger partial charge in [-0.3, -0.25) is 0 Å². The zero-order valence-electron chi connectivity index (χ0n) is 12.2. The molecule has 0 amide bonds. The molecule has 4 heteroatoms. The van der Waals surface area contributed by atoms with Gasteiger partial charge in [-0.15, -0.1) is 0 Å². The summed E-state index contributed by atoms with van der Waals surface area (Å²) in [6.07, 6.45) is 7.27. The van der Waals surface area contributed by atoms with Gasteiger partial charge in [0.15, 0.2) is 11.5 Å². The lowest BCUT2D eigenvalue weighted by atomic mass is 10.1. The van der Waals surface area contributed by atoms with Crippen molar-refractivity contribution in [1.29, 1.82) is 0 Å². The highest BCUT2D eigenvalue weighted by Gasteiger charge is 2.11. The maximum Gasteiger partial charge on any atom is 0.200 e. The number of benzene rings is 1. The first-order chi connectivity index (χ1) is 9.74. The Hall–Kier alpha value is -1.68.